The number of aliphatic hydroxyl groups excluding tert-OH is 1. The van der Waals surface area contributed by atoms with Crippen molar-refractivity contribution in [3.63, 3.8) is 0 Å². The van der Waals surface area contributed by atoms with Crippen molar-refractivity contribution in [2.75, 3.05) is 53.4 Å². The Morgan fingerprint density at radius 3 is 2.52 bits per heavy atom. The number of sulfonamides is 1. The molecule has 168 valence electrons. The van der Waals surface area contributed by atoms with Crippen molar-refractivity contribution in [1.29, 1.82) is 0 Å². The van der Waals surface area contributed by atoms with E-state index in [9.17, 15) is 17.9 Å². The lowest BCUT2D eigenvalue weighted by Crippen LogP contribution is -2.48. The average molecular weight is 466 g/mol. The molecule has 2 heterocycles. The van der Waals surface area contributed by atoms with Crippen LogP contribution < -0.4 is 0 Å². The van der Waals surface area contributed by atoms with Crippen molar-refractivity contribution in [1.82, 2.24) is 14.1 Å². The highest BCUT2D eigenvalue weighted by Gasteiger charge is 2.31. The maximum absolute atomic E-state index is 13.9. The van der Waals surface area contributed by atoms with E-state index in [1.807, 2.05) is 12.1 Å². The van der Waals surface area contributed by atoms with Crippen molar-refractivity contribution in [3.05, 3.63) is 53.3 Å². The Hall–Kier alpha value is -1.49. The van der Waals surface area contributed by atoms with Gasteiger partial charge in [-0.15, -0.1) is 0 Å². The van der Waals surface area contributed by atoms with Crippen LogP contribution in [0, 0.1) is 5.82 Å². The van der Waals surface area contributed by atoms with Crippen LogP contribution in [-0.4, -0.2) is 81.1 Å². The second-order valence-corrected chi connectivity index (χ2v) is 11.4. The number of benzene rings is 2. The minimum absolute atomic E-state index is 0.00259. The fourth-order valence-corrected chi connectivity index (χ4v) is 6.32. The third-order valence-electron chi connectivity index (χ3n) is 6.05. The molecule has 0 saturated carbocycles. The van der Waals surface area contributed by atoms with Crippen LogP contribution >= 0.6 is 11.8 Å². The molecule has 1 N–H and O–H groups in total. The standard InChI is InChI=1S/C22H28FN3O3S2/c1-24(2)31(28,29)18-5-6-21-19(15-18)20(26-9-7-25(8-10-26)11-12-27)13-16-3-4-17(23)14-22(16)30-21/h3-6,14-15,20,27H,7-13H2,1-2H3. The minimum Gasteiger partial charge on any atom is -0.395 e. The molecule has 31 heavy (non-hydrogen) atoms. The summed E-state index contributed by atoms with van der Waals surface area (Å²) >= 11 is 1.50. The maximum atomic E-state index is 13.9. The SMILES string of the molecule is CN(C)S(=O)(=O)c1ccc2c(c1)C(N1CCN(CCO)CC1)Cc1ccc(F)cc1S2. The average Bonchev–Trinajstić information content (AvgIpc) is 2.90. The largest absolute Gasteiger partial charge is 0.395 e. The lowest BCUT2D eigenvalue weighted by atomic mass is 9.96. The Bertz CT molecular complexity index is 1050. The van der Waals surface area contributed by atoms with Crippen LogP contribution in [0.25, 0.3) is 0 Å². The number of piperazine rings is 1. The molecule has 2 aromatic carbocycles. The molecule has 1 fully saturated rings. The van der Waals surface area contributed by atoms with Gasteiger partial charge >= 0.3 is 0 Å². The van der Waals surface area contributed by atoms with Gasteiger partial charge in [0.2, 0.25) is 10.0 Å². The zero-order valence-electron chi connectivity index (χ0n) is 17.8. The summed E-state index contributed by atoms with van der Waals surface area (Å²) in [5.74, 6) is -0.268. The Labute approximate surface area is 187 Å². The molecule has 0 bridgehead atoms. The van der Waals surface area contributed by atoms with Gasteiger partial charge in [0.25, 0.3) is 0 Å². The number of halogens is 1. The van der Waals surface area contributed by atoms with Gasteiger partial charge in [-0.1, -0.05) is 17.8 Å². The Morgan fingerprint density at radius 2 is 1.84 bits per heavy atom. The van der Waals surface area contributed by atoms with Crippen molar-refractivity contribution in [2.45, 2.75) is 27.1 Å². The third kappa shape index (κ3) is 4.67. The smallest absolute Gasteiger partial charge is 0.242 e. The second kappa shape index (κ2) is 9.17. The van der Waals surface area contributed by atoms with E-state index in [2.05, 4.69) is 9.80 Å². The van der Waals surface area contributed by atoms with Gasteiger partial charge in [0.1, 0.15) is 5.82 Å². The van der Waals surface area contributed by atoms with Gasteiger partial charge in [0, 0.05) is 62.7 Å². The van der Waals surface area contributed by atoms with Crippen LogP contribution in [0.4, 0.5) is 4.39 Å². The predicted octanol–water partition coefficient (Wildman–Crippen LogP) is 2.43. The number of nitrogens with zero attached hydrogens (tertiary/aromatic N) is 3. The van der Waals surface area contributed by atoms with E-state index in [1.165, 1.54) is 36.2 Å². The predicted molar refractivity (Wildman–Crippen MR) is 119 cm³/mol. The molecule has 0 aromatic heterocycles. The lowest BCUT2D eigenvalue weighted by molar-refractivity contribution is 0.0822. The zero-order valence-corrected chi connectivity index (χ0v) is 19.4. The number of β-amino-alcohol motifs (C(OH)–C–C–N with tert-alkyl or cyclic N) is 1. The van der Waals surface area contributed by atoms with Gasteiger partial charge in [-0.2, -0.15) is 0 Å². The molecule has 1 unspecified atom stereocenters. The molecule has 2 aliphatic heterocycles. The molecule has 1 saturated heterocycles. The monoisotopic (exact) mass is 465 g/mol. The normalized spacial score (nSPS) is 20.4. The quantitative estimate of drug-likeness (QED) is 0.732. The van der Waals surface area contributed by atoms with Crippen LogP contribution in [0.1, 0.15) is 17.2 Å². The third-order valence-corrected chi connectivity index (χ3v) is 9.05. The minimum atomic E-state index is -3.56. The molecular weight excluding hydrogens is 437 g/mol. The van der Waals surface area contributed by atoms with E-state index in [-0.39, 0.29) is 23.4 Å². The van der Waals surface area contributed by atoms with Gasteiger partial charge < -0.3 is 5.11 Å². The van der Waals surface area contributed by atoms with E-state index in [4.69, 9.17) is 0 Å². The van der Waals surface area contributed by atoms with Gasteiger partial charge in [-0.25, -0.2) is 17.1 Å². The lowest BCUT2D eigenvalue weighted by Gasteiger charge is -2.39. The molecule has 2 aromatic rings. The highest BCUT2D eigenvalue weighted by molar-refractivity contribution is 7.99. The molecule has 0 amide bonds. The summed E-state index contributed by atoms with van der Waals surface area (Å²) in [6, 6.07) is 10.2. The first-order valence-electron chi connectivity index (χ1n) is 10.4. The number of fused-ring (bicyclic) bond motifs is 2. The van der Waals surface area contributed by atoms with Crippen molar-refractivity contribution in [2.24, 2.45) is 0 Å². The molecule has 9 heteroatoms. The van der Waals surface area contributed by atoms with E-state index >= 15 is 0 Å². The number of aliphatic hydroxyl groups is 1. The number of hydrogen-bond acceptors (Lipinski definition) is 6. The van der Waals surface area contributed by atoms with Gasteiger partial charge in [-0.3, -0.25) is 9.80 Å². The fraction of sp³-hybridized carbons (Fsp3) is 0.455. The van der Waals surface area contributed by atoms with E-state index < -0.39 is 10.0 Å². The molecule has 0 radical (unpaired) electrons. The van der Waals surface area contributed by atoms with E-state index in [1.54, 1.807) is 18.2 Å². The van der Waals surface area contributed by atoms with Crippen LogP contribution in [0.3, 0.4) is 0 Å². The second-order valence-electron chi connectivity index (χ2n) is 8.16. The fourth-order valence-electron chi connectivity index (χ4n) is 4.25. The number of hydrogen-bond donors (Lipinski definition) is 1. The van der Waals surface area contributed by atoms with Gasteiger partial charge in [0.05, 0.1) is 11.5 Å². The topological polar surface area (TPSA) is 64.1 Å². The van der Waals surface area contributed by atoms with Crippen LogP contribution in [0.15, 0.2) is 51.1 Å². The van der Waals surface area contributed by atoms with Crippen LogP contribution in [0.2, 0.25) is 0 Å². The van der Waals surface area contributed by atoms with Crippen LogP contribution in [-0.2, 0) is 16.4 Å². The maximum Gasteiger partial charge on any atom is 0.242 e. The molecule has 0 spiro atoms. The summed E-state index contributed by atoms with van der Waals surface area (Å²) in [6.45, 7) is 4.18. The Balaban J connectivity index is 1.75. The highest BCUT2D eigenvalue weighted by atomic mass is 32.2. The van der Waals surface area contributed by atoms with Gasteiger partial charge in [0.15, 0.2) is 0 Å². The summed E-state index contributed by atoms with van der Waals surface area (Å²) in [4.78, 5) is 6.74. The Morgan fingerprint density at radius 1 is 1.10 bits per heavy atom. The first-order valence-corrected chi connectivity index (χ1v) is 12.7. The first kappa shape index (κ1) is 22.7. The molecule has 4 rings (SSSR count). The molecule has 1 atom stereocenters. The number of rotatable bonds is 5. The first-order chi connectivity index (χ1) is 14.8. The van der Waals surface area contributed by atoms with Crippen molar-refractivity contribution < 1.29 is 17.9 Å². The van der Waals surface area contributed by atoms with Crippen LogP contribution in [0.5, 0.6) is 0 Å². The summed E-state index contributed by atoms with van der Waals surface area (Å²) < 4.78 is 40.8. The van der Waals surface area contributed by atoms with Gasteiger partial charge in [-0.05, 0) is 47.9 Å². The van der Waals surface area contributed by atoms with Crippen molar-refractivity contribution >= 4 is 21.8 Å². The molecule has 2 aliphatic rings. The summed E-state index contributed by atoms with van der Waals surface area (Å²) in [5.41, 5.74) is 2.04. The van der Waals surface area contributed by atoms with E-state index in [0.29, 0.717) is 13.0 Å². The summed E-state index contributed by atoms with van der Waals surface area (Å²) in [6.07, 6.45) is 0.696. The van der Waals surface area contributed by atoms with Crippen molar-refractivity contribution in [3.8, 4) is 0 Å². The summed E-state index contributed by atoms with van der Waals surface area (Å²) in [7, 11) is -0.489. The highest BCUT2D eigenvalue weighted by Crippen LogP contribution is 2.44. The zero-order chi connectivity index (χ0) is 22.2. The summed E-state index contributed by atoms with van der Waals surface area (Å²) in [5, 5.41) is 9.23. The van der Waals surface area contributed by atoms with E-state index in [0.717, 1.165) is 47.1 Å². The molecule has 6 nitrogen and oxygen atoms in total. The molecule has 0 aliphatic carbocycles. The molecular formula is C22H28FN3O3S2. The Kier molecular flexibility index (Phi) is 6.71.